The lowest BCUT2D eigenvalue weighted by Gasteiger charge is -2.10. The molecular weight excluding hydrogens is 354 g/mol. The molecule has 0 N–H and O–H groups in total. The fourth-order valence-electron chi connectivity index (χ4n) is 2.27. The van der Waals surface area contributed by atoms with Crippen molar-refractivity contribution in [3.8, 4) is 17.2 Å². The number of benzene rings is 2. The first-order chi connectivity index (χ1) is 13.0. The van der Waals surface area contributed by atoms with Crippen LogP contribution in [0.25, 0.3) is 0 Å². The van der Waals surface area contributed by atoms with Crippen molar-refractivity contribution in [2.75, 3.05) is 20.3 Å². The average molecular weight is 375 g/mol. The Labute approximate surface area is 156 Å². The first kappa shape index (κ1) is 20.0. The number of carbonyl (C=O) groups is 1. The monoisotopic (exact) mass is 375 g/mol. The van der Waals surface area contributed by atoms with E-state index in [0.29, 0.717) is 23.7 Å². The van der Waals surface area contributed by atoms with Crippen molar-refractivity contribution in [2.45, 2.75) is 20.0 Å². The second-order valence-electron chi connectivity index (χ2n) is 5.42. The van der Waals surface area contributed by atoms with Gasteiger partial charge >= 0.3 is 5.97 Å². The smallest absolute Gasteiger partial charge is 0.309 e. The minimum atomic E-state index is -0.518. The van der Waals surface area contributed by atoms with E-state index in [1.807, 2.05) is 6.92 Å². The Morgan fingerprint density at radius 1 is 1.07 bits per heavy atom. The molecule has 144 valence electrons. The van der Waals surface area contributed by atoms with Gasteiger partial charge in [-0.15, -0.1) is 0 Å². The van der Waals surface area contributed by atoms with Crippen LogP contribution in [0.1, 0.15) is 18.9 Å². The van der Waals surface area contributed by atoms with Gasteiger partial charge in [-0.3, -0.25) is 14.9 Å². The minimum absolute atomic E-state index is 0.0461. The molecule has 0 unspecified atom stereocenters. The first-order valence-electron chi connectivity index (χ1n) is 8.36. The zero-order valence-corrected chi connectivity index (χ0v) is 15.2. The topological polar surface area (TPSA) is 97.1 Å². The third-order valence-corrected chi connectivity index (χ3v) is 3.57. The Balaban J connectivity index is 1.80. The van der Waals surface area contributed by atoms with Crippen molar-refractivity contribution >= 4 is 11.7 Å². The number of non-ortho nitro benzene ring substituents is 1. The number of rotatable bonds is 10. The predicted octanol–water partition coefficient (Wildman–Crippen LogP) is 3.51. The van der Waals surface area contributed by atoms with Gasteiger partial charge in [-0.25, -0.2) is 0 Å². The van der Waals surface area contributed by atoms with Crippen LogP contribution in [0.5, 0.6) is 17.2 Å². The van der Waals surface area contributed by atoms with Gasteiger partial charge in [-0.2, -0.15) is 0 Å². The Bertz CT molecular complexity index is 774. The molecule has 0 aliphatic rings. The van der Waals surface area contributed by atoms with Crippen molar-refractivity contribution in [1.29, 1.82) is 0 Å². The maximum Gasteiger partial charge on any atom is 0.309 e. The SMILES string of the molecule is CCOc1ccc(OCCC(=O)OCc2cc([N+](=O)[O-])ccc2OC)cc1. The van der Waals surface area contributed by atoms with Gasteiger partial charge in [-0.1, -0.05) is 0 Å². The van der Waals surface area contributed by atoms with Gasteiger partial charge in [0.1, 0.15) is 23.9 Å². The standard InChI is InChI=1S/C19H21NO7/c1-3-25-16-5-7-17(8-6-16)26-11-10-19(21)27-13-14-12-15(20(22)23)4-9-18(14)24-2/h4-9,12H,3,10-11,13H2,1-2H3. The van der Waals surface area contributed by atoms with Crippen LogP contribution in [-0.2, 0) is 16.1 Å². The number of nitrogens with zero attached hydrogens (tertiary/aromatic N) is 1. The molecule has 0 spiro atoms. The van der Waals surface area contributed by atoms with Crippen LogP contribution in [0.3, 0.4) is 0 Å². The molecule has 8 heteroatoms. The molecule has 0 fully saturated rings. The molecular formula is C19H21NO7. The fourth-order valence-corrected chi connectivity index (χ4v) is 2.27. The number of esters is 1. The van der Waals surface area contributed by atoms with Crippen molar-refractivity contribution in [1.82, 2.24) is 0 Å². The summed E-state index contributed by atoms with van der Waals surface area (Å²) in [7, 11) is 1.44. The summed E-state index contributed by atoms with van der Waals surface area (Å²) in [6.45, 7) is 2.52. The maximum absolute atomic E-state index is 11.9. The van der Waals surface area contributed by atoms with Crippen molar-refractivity contribution in [2.24, 2.45) is 0 Å². The van der Waals surface area contributed by atoms with Gasteiger partial charge in [0.2, 0.25) is 0 Å². The van der Waals surface area contributed by atoms with Crippen molar-refractivity contribution < 1.29 is 28.7 Å². The molecule has 0 saturated heterocycles. The molecule has 0 aliphatic heterocycles. The first-order valence-corrected chi connectivity index (χ1v) is 8.36. The molecule has 0 atom stereocenters. The summed E-state index contributed by atoms with van der Waals surface area (Å²) in [6, 6.07) is 11.2. The zero-order chi connectivity index (χ0) is 19.6. The van der Waals surface area contributed by atoms with Crippen molar-refractivity contribution in [3.05, 3.63) is 58.1 Å². The van der Waals surface area contributed by atoms with Gasteiger partial charge in [0, 0.05) is 17.7 Å². The number of nitro benzene ring substituents is 1. The Hall–Kier alpha value is -3.29. The number of ether oxygens (including phenoxy) is 4. The molecule has 2 rings (SSSR count). The molecule has 0 bridgehead atoms. The second kappa shape index (κ2) is 10.0. The van der Waals surface area contributed by atoms with Crippen LogP contribution >= 0.6 is 0 Å². The second-order valence-corrected chi connectivity index (χ2v) is 5.42. The highest BCUT2D eigenvalue weighted by atomic mass is 16.6. The summed E-state index contributed by atoms with van der Waals surface area (Å²) in [5.41, 5.74) is 0.327. The van der Waals surface area contributed by atoms with Crippen LogP contribution in [0.15, 0.2) is 42.5 Å². The van der Waals surface area contributed by atoms with E-state index in [1.54, 1.807) is 24.3 Å². The lowest BCUT2D eigenvalue weighted by molar-refractivity contribution is -0.385. The summed E-state index contributed by atoms with van der Waals surface area (Å²) in [5.74, 6) is 1.30. The van der Waals surface area contributed by atoms with Crippen LogP contribution in [0.2, 0.25) is 0 Å². The number of nitro groups is 1. The Kier molecular flexibility index (Phi) is 7.42. The molecule has 0 amide bonds. The molecule has 0 heterocycles. The van der Waals surface area contributed by atoms with E-state index < -0.39 is 10.9 Å². The molecule has 8 nitrogen and oxygen atoms in total. The lowest BCUT2D eigenvalue weighted by atomic mass is 10.2. The molecule has 0 radical (unpaired) electrons. The summed E-state index contributed by atoms with van der Waals surface area (Å²) in [4.78, 5) is 22.2. The van der Waals surface area contributed by atoms with Crippen molar-refractivity contribution in [3.63, 3.8) is 0 Å². The summed E-state index contributed by atoms with van der Waals surface area (Å²) < 4.78 is 21.1. The van der Waals surface area contributed by atoms with E-state index in [4.69, 9.17) is 18.9 Å². The van der Waals surface area contributed by atoms with E-state index in [1.165, 1.54) is 25.3 Å². The van der Waals surface area contributed by atoms with E-state index >= 15 is 0 Å². The molecule has 0 aromatic heterocycles. The number of hydrogen-bond acceptors (Lipinski definition) is 7. The van der Waals surface area contributed by atoms with Crippen LogP contribution in [-0.4, -0.2) is 31.2 Å². The van der Waals surface area contributed by atoms with E-state index in [2.05, 4.69) is 0 Å². The average Bonchev–Trinajstić information content (AvgIpc) is 2.67. The third kappa shape index (κ3) is 6.18. The largest absolute Gasteiger partial charge is 0.496 e. The normalized spacial score (nSPS) is 10.1. The van der Waals surface area contributed by atoms with E-state index in [0.717, 1.165) is 5.75 Å². The summed E-state index contributed by atoms with van der Waals surface area (Å²) >= 11 is 0. The highest BCUT2D eigenvalue weighted by Gasteiger charge is 2.13. The lowest BCUT2D eigenvalue weighted by Crippen LogP contribution is -2.10. The highest BCUT2D eigenvalue weighted by Crippen LogP contribution is 2.24. The van der Waals surface area contributed by atoms with E-state index in [9.17, 15) is 14.9 Å². The van der Waals surface area contributed by atoms with E-state index in [-0.39, 0.29) is 25.3 Å². The quantitative estimate of drug-likeness (QED) is 0.356. The predicted molar refractivity (Wildman–Crippen MR) is 97.2 cm³/mol. The van der Waals surface area contributed by atoms with Crippen LogP contribution in [0, 0.1) is 10.1 Å². The van der Waals surface area contributed by atoms with Gasteiger partial charge in [0.15, 0.2) is 0 Å². The van der Waals surface area contributed by atoms with Gasteiger partial charge in [0.05, 0.1) is 31.7 Å². The molecule has 2 aromatic rings. The molecule has 2 aromatic carbocycles. The minimum Gasteiger partial charge on any atom is -0.496 e. The number of methoxy groups -OCH3 is 1. The molecule has 27 heavy (non-hydrogen) atoms. The van der Waals surface area contributed by atoms with Crippen LogP contribution < -0.4 is 14.2 Å². The van der Waals surface area contributed by atoms with Crippen LogP contribution in [0.4, 0.5) is 5.69 Å². The van der Waals surface area contributed by atoms with Gasteiger partial charge < -0.3 is 18.9 Å². The Morgan fingerprint density at radius 3 is 2.33 bits per heavy atom. The zero-order valence-electron chi connectivity index (χ0n) is 15.2. The molecule has 0 saturated carbocycles. The third-order valence-electron chi connectivity index (χ3n) is 3.57. The Morgan fingerprint density at radius 2 is 1.74 bits per heavy atom. The van der Waals surface area contributed by atoms with Gasteiger partial charge in [-0.05, 0) is 37.3 Å². The maximum atomic E-state index is 11.9. The number of carbonyl (C=O) groups excluding carboxylic acids is 1. The fraction of sp³-hybridized carbons (Fsp3) is 0.316. The number of hydrogen-bond donors (Lipinski definition) is 0. The summed E-state index contributed by atoms with van der Waals surface area (Å²) in [5, 5.41) is 10.9. The molecule has 0 aliphatic carbocycles. The highest BCUT2D eigenvalue weighted by molar-refractivity contribution is 5.69. The van der Waals surface area contributed by atoms with Gasteiger partial charge in [0.25, 0.3) is 5.69 Å². The summed E-state index contributed by atoms with van der Waals surface area (Å²) in [6.07, 6.45) is 0.0461.